The molecule has 0 saturated heterocycles. The van der Waals surface area contributed by atoms with Gasteiger partial charge in [0.25, 0.3) is 0 Å². The first-order valence-corrected chi connectivity index (χ1v) is 6.35. The molecule has 1 unspecified atom stereocenters. The minimum atomic E-state index is -0.297. The molecule has 86 valence electrons. The molecule has 2 aromatic carbocycles. The molecule has 1 atom stereocenters. The quantitative estimate of drug-likeness (QED) is 0.799. The molecule has 0 fully saturated rings. The Morgan fingerprint density at radius 3 is 2.53 bits per heavy atom. The fourth-order valence-corrected chi connectivity index (χ4v) is 3.42. The normalized spacial score (nSPS) is 21.9. The monoisotopic (exact) mass is 243 g/mol. The molecule has 0 amide bonds. The maximum Gasteiger partial charge on any atom is 0.122 e. The lowest BCUT2D eigenvalue weighted by atomic mass is 10.1. The molecule has 0 aliphatic carbocycles. The number of hydrogen-bond acceptors (Lipinski definition) is 3. The fourth-order valence-electron chi connectivity index (χ4n) is 2.16. The van der Waals surface area contributed by atoms with Crippen LogP contribution in [0.4, 0.5) is 5.69 Å². The SMILES string of the molecule is CC1(c2ccccc2O)Nc2ccccc2S1. The van der Waals surface area contributed by atoms with Crippen LogP contribution in [0, 0.1) is 0 Å². The second-order valence-electron chi connectivity index (χ2n) is 4.27. The average molecular weight is 243 g/mol. The van der Waals surface area contributed by atoms with E-state index in [0.29, 0.717) is 5.75 Å². The van der Waals surface area contributed by atoms with E-state index in [0.717, 1.165) is 11.3 Å². The molecule has 1 heterocycles. The van der Waals surface area contributed by atoms with Crippen molar-refractivity contribution in [2.24, 2.45) is 0 Å². The van der Waals surface area contributed by atoms with E-state index in [-0.39, 0.29) is 4.87 Å². The van der Waals surface area contributed by atoms with Crippen LogP contribution in [0.5, 0.6) is 5.75 Å². The van der Waals surface area contributed by atoms with Crippen molar-refractivity contribution in [1.82, 2.24) is 0 Å². The van der Waals surface area contributed by atoms with Gasteiger partial charge in [-0.3, -0.25) is 0 Å². The van der Waals surface area contributed by atoms with Gasteiger partial charge in [-0.2, -0.15) is 0 Å². The molecule has 0 bridgehead atoms. The lowest BCUT2D eigenvalue weighted by Crippen LogP contribution is -2.23. The smallest absolute Gasteiger partial charge is 0.122 e. The van der Waals surface area contributed by atoms with E-state index in [1.807, 2.05) is 30.3 Å². The number of nitrogens with one attached hydrogen (secondary N) is 1. The Labute approximate surface area is 105 Å². The summed E-state index contributed by atoms with van der Waals surface area (Å²) in [5.74, 6) is 0.336. The van der Waals surface area contributed by atoms with E-state index in [9.17, 15) is 5.11 Å². The van der Waals surface area contributed by atoms with Crippen molar-refractivity contribution in [3.05, 3.63) is 54.1 Å². The minimum Gasteiger partial charge on any atom is -0.508 e. The Balaban J connectivity index is 2.05. The van der Waals surface area contributed by atoms with Crippen LogP contribution in [0.25, 0.3) is 0 Å². The summed E-state index contributed by atoms with van der Waals surface area (Å²) in [5.41, 5.74) is 2.05. The third-order valence-corrected chi connectivity index (χ3v) is 4.30. The summed E-state index contributed by atoms with van der Waals surface area (Å²) in [6, 6.07) is 15.7. The number of para-hydroxylation sites is 2. The van der Waals surface area contributed by atoms with Gasteiger partial charge in [0.05, 0.1) is 0 Å². The van der Waals surface area contributed by atoms with Gasteiger partial charge in [-0.05, 0) is 25.1 Å². The van der Waals surface area contributed by atoms with Crippen molar-refractivity contribution in [2.75, 3.05) is 5.32 Å². The van der Waals surface area contributed by atoms with Gasteiger partial charge in [0.15, 0.2) is 0 Å². The molecule has 0 aromatic heterocycles. The van der Waals surface area contributed by atoms with Crippen LogP contribution in [-0.4, -0.2) is 5.11 Å². The molecular formula is C14H13NOS. The first kappa shape index (κ1) is 10.5. The zero-order chi connectivity index (χ0) is 11.9. The molecule has 2 N–H and O–H groups in total. The number of aromatic hydroxyl groups is 1. The van der Waals surface area contributed by atoms with E-state index in [4.69, 9.17) is 0 Å². The van der Waals surface area contributed by atoms with Crippen LogP contribution in [0.3, 0.4) is 0 Å². The second kappa shape index (κ2) is 3.70. The van der Waals surface area contributed by atoms with Crippen molar-refractivity contribution < 1.29 is 5.11 Å². The van der Waals surface area contributed by atoms with Crippen LogP contribution in [-0.2, 0) is 4.87 Å². The summed E-state index contributed by atoms with van der Waals surface area (Å²) < 4.78 is 0. The summed E-state index contributed by atoms with van der Waals surface area (Å²) in [4.78, 5) is 0.924. The number of fused-ring (bicyclic) bond motifs is 1. The summed E-state index contributed by atoms with van der Waals surface area (Å²) >= 11 is 1.73. The minimum absolute atomic E-state index is 0.297. The van der Waals surface area contributed by atoms with Gasteiger partial charge in [-0.1, -0.05) is 42.1 Å². The van der Waals surface area contributed by atoms with E-state index < -0.39 is 0 Å². The average Bonchev–Trinajstić information content (AvgIpc) is 2.66. The third kappa shape index (κ3) is 1.67. The van der Waals surface area contributed by atoms with Gasteiger partial charge in [-0.25, -0.2) is 0 Å². The Kier molecular flexibility index (Phi) is 2.30. The molecule has 2 nitrogen and oxygen atoms in total. The first-order valence-electron chi connectivity index (χ1n) is 5.54. The predicted molar refractivity (Wildman–Crippen MR) is 71.4 cm³/mol. The predicted octanol–water partition coefficient (Wildman–Crippen LogP) is 3.78. The lowest BCUT2D eigenvalue weighted by Gasteiger charge is -2.25. The van der Waals surface area contributed by atoms with E-state index in [2.05, 4.69) is 24.4 Å². The zero-order valence-electron chi connectivity index (χ0n) is 9.47. The van der Waals surface area contributed by atoms with Crippen LogP contribution >= 0.6 is 11.8 Å². The Morgan fingerprint density at radius 2 is 1.76 bits per heavy atom. The summed E-state index contributed by atoms with van der Waals surface area (Å²) in [5, 5.41) is 13.4. The number of hydrogen-bond donors (Lipinski definition) is 2. The van der Waals surface area contributed by atoms with Gasteiger partial charge >= 0.3 is 0 Å². The molecular weight excluding hydrogens is 230 g/mol. The van der Waals surface area contributed by atoms with E-state index >= 15 is 0 Å². The molecule has 0 saturated carbocycles. The van der Waals surface area contributed by atoms with Crippen LogP contribution in [0.2, 0.25) is 0 Å². The van der Waals surface area contributed by atoms with Crippen LogP contribution in [0.1, 0.15) is 12.5 Å². The molecule has 17 heavy (non-hydrogen) atoms. The highest BCUT2D eigenvalue weighted by molar-refractivity contribution is 8.00. The van der Waals surface area contributed by atoms with Crippen molar-refractivity contribution in [3.63, 3.8) is 0 Å². The van der Waals surface area contributed by atoms with Crippen molar-refractivity contribution in [1.29, 1.82) is 0 Å². The number of phenols is 1. The van der Waals surface area contributed by atoms with Crippen molar-refractivity contribution in [3.8, 4) is 5.75 Å². The molecule has 0 spiro atoms. The standard InChI is InChI=1S/C14H13NOS/c1-14(10-6-2-4-8-12(10)16)15-11-7-3-5-9-13(11)17-14/h2-9,15-16H,1H3. The Morgan fingerprint density at radius 1 is 1.06 bits per heavy atom. The Bertz CT molecular complexity index is 543. The Hall–Kier alpha value is -1.61. The lowest BCUT2D eigenvalue weighted by molar-refractivity contribution is 0.463. The summed E-state index contributed by atoms with van der Waals surface area (Å²) in [7, 11) is 0. The maximum atomic E-state index is 9.96. The van der Waals surface area contributed by atoms with Gasteiger partial charge in [-0.15, -0.1) is 0 Å². The molecule has 3 rings (SSSR count). The van der Waals surface area contributed by atoms with Crippen molar-refractivity contribution >= 4 is 17.4 Å². The topological polar surface area (TPSA) is 32.3 Å². The molecule has 1 aliphatic rings. The van der Waals surface area contributed by atoms with Gasteiger partial charge in [0.2, 0.25) is 0 Å². The highest BCUT2D eigenvalue weighted by atomic mass is 32.2. The largest absolute Gasteiger partial charge is 0.508 e. The molecule has 3 heteroatoms. The summed E-state index contributed by atoms with van der Waals surface area (Å²) in [6.07, 6.45) is 0. The molecule has 0 radical (unpaired) electrons. The van der Waals surface area contributed by atoms with Crippen LogP contribution < -0.4 is 5.32 Å². The van der Waals surface area contributed by atoms with E-state index in [1.54, 1.807) is 17.8 Å². The number of phenolic OH excluding ortho intramolecular Hbond substituents is 1. The number of rotatable bonds is 1. The second-order valence-corrected chi connectivity index (χ2v) is 5.73. The van der Waals surface area contributed by atoms with Crippen LogP contribution in [0.15, 0.2) is 53.4 Å². The summed E-state index contributed by atoms with van der Waals surface area (Å²) in [6.45, 7) is 2.09. The number of anilines is 1. The number of thioether (sulfide) groups is 1. The van der Waals surface area contributed by atoms with Gasteiger partial charge < -0.3 is 10.4 Å². The van der Waals surface area contributed by atoms with Crippen molar-refractivity contribution in [2.45, 2.75) is 16.7 Å². The first-order chi connectivity index (χ1) is 8.19. The highest BCUT2D eigenvalue weighted by Crippen LogP contribution is 2.52. The molecule has 1 aliphatic heterocycles. The number of benzene rings is 2. The van der Waals surface area contributed by atoms with Gasteiger partial charge in [0.1, 0.15) is 10.6 Å². The third-order valence-electron chi connectivity index (χ3n) is 2.99. The van der Waals surface area contributed by atoms with E-state index in [1.165, 1.54) is 4.90 Å². The van der Waals surface area contributed by atoms with Gasteiger partial charge in [0, 0.05) is 16.1 Å². The zero-order valence-corrected chi connectivity index (χ0v) is 10.3. The molecule has 2 aromatic rings. The highest BCUT2D eigenvalue weighted by Gasteiger charge is 2.36. The fraction of sp³-hybridized carbons (Fsp3) is 0.143. The maximum absolute atomic E-state index is 9.96.